The van der Waals surface area contributed by atoms with Crippen LogP contribution < -0.4 is 10.1 Å². The number of hydrogen-bond acceptors (Lipinski definition) is 3. The highest BCUT2D eigenvalue weighted by Crippen LogP contribution is 2.26. The lowest BCUT2D eigenvalue weighted by Gasteiger charge is -2.25. The second-order valence-corrected chi connectivity index (χ2v) is 5.70. The van der Waals surface area contributed by atoms with Crippen LogP contribution in [0.4, 0.5) is 0 Å². The summed E-state index contributed by atoms with van der Waals surface area (Å²) >= 11 is 0. The number of carbonyl (C=O) groups is 1. The number of nitrogens with one attached hydrogen (secondary N) is 1. The van der Waals surface area contributed by atoms with Gasteiger partial charge in [-0.2, -0.15) is 0 Å². The molecule has 0 spiro atoms. The van der Waals surface area contributed by atoms with E-state index in [2.05, 4.69) is 16.4 Å². The van der Waals surface area contributed by atoms with Gasteiger partial charge in [-0.05, 0) is 24.5 Å². The van der Waals surface area contributed by atoms with E-state index in [-0.39, 0.29) is 5.91 Å². The molecule has 116 valence electrons. The lowest BCUT2D eigenvalue weighted by molar-refractivity contribution is -0.121. The average Bonchev–Trinajstić information content (AvgIpc) is 3.06. The molecule has 1 atom stereocenters. The number of ether oxygens (including phenoxy) is 1. The average molecular weight is 299 g/mol. The fraction of sp³-hybridized carbons (Fsp3) is 0.412. The van der Waals surface area contributed by atoms with Crippen LogP contribution in [0.5, 0.6) is 5.75 Å². The highest BCUT2D eigenvalue weighted by atomic mass is 16.5. The first-order valence-electron chi connectivity index (χ1n) is 7.74. The summed E-state index contributed by atoms with van der Waals surface area (Å²) in [7, 11) is 0. The van der Waals surface area contributed by atoms with Gasteiger partial charge in [0.25, 0.3) is 0 Å². The summed E-state index contributed by atoms with van der Waals surface area (Å²) in [5.74, 6) is 1.44. The maximum absolute atomic E-state index is 11.9. The topological polar surface area (TPSA) is 56.2 Å². The summed E-state index contributed by atoms with van der Waals surface area (Å²) in [5, 5.41) is 3.02. The molecule has 0 bridgehead atoms. The Morgan fingerprint density at radius 2 is 2.32 bits per heavy atom. The Morgan fingerprint density at radius 3 is 3.18 bits per heavy atom. The lowest BCUT2D eigenvalue weighted by Crippen LogP contribution is -2.34. The normalized spacial score (nSPS) is 16.6. The second kappa shape index (κ2) is 7.11. The molecule has 0 fully saturated rings. The number of imidazole rings is 1. The number of aromatic nitrogens is 2. The number of carbonyl (C=O) groups excluding carboxylic acids is 1. The fourth-order valence-electron chi connectivity index (χ4n) is 2.71. The highest BCUT2D eigenvalue weighted by molar-refractivity contribution is 5.75. The first-order valence-corrected chi connectivity index (χ1v) is 7.74. The van der Waals surface area contributed by atoms with Crippen molar-refractivity contribution < 1.29 is 9.53 Å². The molecular weight excluding hydrogens is 278 g/mol. The number of amides is 1. The van der Waals surface area contributed by atoms with E-state index >= 15 is 0 Å². The van der Waals surface area contributed by atoms with Crippen molar-refractivity contribution in [2.75, 3.05) is 13.2 Å². The van der Waals surface area contributed by atoms with Gasteiger partial charge in [-0.15, -0.1) is 0 Å². The highest BCUT2D eigenvalue weighted by Gasteiger charge is 2.19. The van der Waals surface area contributed by atoms with Gasteiger partial charge in [-0.1, -0.05) is 18.2 Å². The van der Waals surface area contributed by atoms with E-state index in [9.17, 15) is 4.79 Å². The molecular formula is C17H21N3O2. The number of rotatable bonds is 6. The Kier molecular flexibility index (Phi) is 4.73. The van der Waals surface area contributed by atoms with Gasteiger partial charge < -0.3 is 14.6 Å². The van der Waals surface area contributed by atoms with E-state index in [1.807, 2.05) is 29.0 Å². The summed E-state index contributed by atoms with van der Waals surface area (Å²) in [6.45, 7) is 2.18. The van der Waals surface area contributed by atoms with Crippen LogP contribution in [-0.4, -0.2) is 28.6 Å². The fourth-order valence-corrected chi connectivity index (χ4v) is 2.71. The number of benzene rings is 1. The van der Waals surface area contributed by atoms with Gasteiger partial charge in [-0.3, -0.25) is 4.79 Å². The molecule has 5 nitrogen and oxygen atoms in total. The molecule has 5 heteroatoms. The predicted octanol–water partition coefficient (Wildman–Crippen LogP) is 2.03. The Hall–Kier alpha value is -2.30. The van der Waals surface area contributed by atoms with Gasteiger partial charge in [0.1, 0.15) is 5.75 Å². The third-order valence-electron chi connectivity index (χ3n) is 3.92. The molecule has 2 heterocycles. The van der Waals surface area contributed by atoms with E-state index in [0.717, 1.165) is 25.1 Å². The minimum absolute atomic E-state index is 0.110. The maximum atomic E-state index is 11.9. The third kappa shape index (κ3) is 3.87. The summed E-state index contributed by atoms with van der Waals surface area (Å²) in [5.41, 5.74) is 1.23. The molecule has 22 heavy (non-hydrogen) atoms. The van der Waals surface area contributed by atoms with Crippen LogP contribution in [0, 0.1) is 5.92 Å². The smallest absolute Gasteiger partial charge is 0.220 e. The number of fused-ring (bicyclic) bond motifs is 1. The van der Waals surface area contributed by atoms with Crippen molar-refractivity contribution >= 4 is 5.91 Å². The summed E-state index contributed by atoms with van der Waals surface area (Å²) in [6.07, 6.45) is 7.77. The second-order valence-electron chi connectivity index (χ2n) is 5.70. The molecule has 1 amide bonds. The van der Waals surface area contributed by atoms with Crippen LogP contribution in [0.2, 0.25) is 0 Å². The molecule has 0 saturated carbocycles. The molecule has 1 N–H and O–H groups in total. The van der Waals surface area contributed by atoms with Crippen LogP contribution in [0.25, 0.3) is 0 Å². The zero-order valence-electron chi connectivity index (χ0n) is 12.6. The standard InChI is InChI=1S/C17H21N3O2/c21-17(6-3-8-20-9-7-18-13-20)19-11-14-10-15-4-1-2-5-16(15)22-12-14/h1-2,4-5,7,9,13-14H,3,6,8,10-12H2,(H,19,21). The summed E-state index contributed by atoms with van der Waals surface area (Å²) in [4.78, 5) is 15.9. The third-order valence-corrected chi connectivity index (χ3v) is 3.92. The molecule has 0 aliphatic carbocycles. The predicted molar refractivity (Wildman–Crippen MR) is 83.6 cm³/mol. The molecule has 0 radical (unpaired) electrons. The zero-order chi connectivity index (χ0) is 15.2. The zero-order valence-corrected chi connectivity index (χ0v) is 12.6. The number of para-hydroxylation sites is 1. The Morgan fingerprint density at radius 1 is 1.41 bits per heavy atom. The van der Waals surface area contributed by atoms with Gasteiger partial charge >= 0.3 is 0 Å². The van der Waals surface area contributed by atoms with Gasteiger partial charge in [0, 0.05) is 37.8 Å². The Labute approximate surface area is 130 Å². The SMILES string of the molecule is O=C(CCCn1ccnc1)NCC1COc2ccccc2C1. The summed E-state index contributed by atoms with van der Waals surface area (Å²) in [6, 6.07) is 8.11. The minimum atomic E-state index is 0.110. The molecule has 3 rings (SSSR count). The monoisotopic (exact) mass is 299 g/mol. The van der Waals surface area contributed by atoms with Crippen LogP contribution in [0.15, 0.2) is 43.0 Å². The van der Waals surface area contributed by atoms with Gasteiger partial charge in [0.2, 0.25) is 5.91 Å². The van der Waals surface area contributed by atoms with Gasteiger partial charge in [0.15, 0.2) is 0 Å². The van der Waals surface area contributed by atoms with E-state index in [1.54, 1.807) is 12.5 Å². The van der Waals surface area contributed by atoms with Crippen molar-refractivity contribution in [3.63, 3.8) is 0 Å². The molecule has 1 aromatic heterocycles. The molecule has 1 aliphatic heterocycles. The quantitative estimate of drug-likeness (QED) is 0.888. The first kappa shape index (κ1) is 14.6. The van der Waals surface area contributed by atoms with Crippen LogP contribution in [0.1, 0.15) is 18.4 Å². The van der Waals surface area contributed by atoms with Crippen LogP contribution in [-0.2, 0) is 17.8 Å². The number of hydrogen-bond donors (Lipinski definition) is 1. The van der Waals surface area contributed by atoms with E-state index in [4.69, 9.17) is 4.74 Å². The molecule has 0 saturated heterocycles. The molecule has 1 aliphatic rings. The first-order chi connectivity index (χ1) is 10.8. The van der Waals surface area contributed by atoms with Crippen molar-refractivity contribution in [1.82, 2.24) is 14.9 Å². The summed E-state index contributed by atoms with van der Waals surface area (Å²) < 4.78 is 7.72. The number of aryl methyl sites for hydroxylation is 1. The van der Waals surface area contributed by atoms with E-state index in [1.165, 1.54) is 5.56 Å². The van der Waals surface area contributed by atoms with Crippen LogP contribution in [0.3, 0.4) is 0 Å². The molecule has 1 unspecified atom stereocenters. The van der Waals surface area contributed by atoms with Gasteiger partial charge in [-0.25, -0.2) is 4.98 Å². The Bertz CT molecular complexity index is 610. The lowest BCUT2D eigenvalue weighted by atomic mass is 9.97. The van der Waals surface area contributed by atoms with E-state index in [0.29, 0.717) is 25.5 Å². The largest absolute Gasteiger partial charge is 0.493 e. The van der Waals surface area contributed by atoms with Crippen molar-refractivity contribution in [1.29, 1.82) is 0 Å². The van der Waals surface area contributed by atoms with Crippen molar-refractivity contribution in [3.8, 4) is 5.75 Å². The molecule has 1 aromatic carbocycles. The van der Waals surface area contributed by atoms with Crippen molar-refractivity contribution in [2.45, 2.75) is 25.8 Å². The van der Waals surface area contributed by atoms with Crippen LogP contribution >= 0.6 is 0 Å². The number of nitrogens with zero attached hydrogens (tertiary/aromatic N) is 2. The van der Waals surface area contributed by atoms with Crippen molar-refractivity contribution in [2.24, 2.45) is 5.92 Å². The van der Waals surface area contributed by atoms with Gasteiger partial charge in [0.05, 0.1) is 12.9 Å². The van der Waals surface area contributed by atoms with Crippen molar-refractivity contribution in [3.05, 3.63) is 48.5 Å². The minimum Gasteiger partial charge on any atom is -0.493 e. The maximum Gasteiger partial charge on any atom is 0.220 e. The Balaban J connectivity index is 1.37. The van der Waals surface area contributed by atoms with E-state index < -0.39 is 0 Å². The molecule has 2 aromatic rings.